The third kappa shape index (κ3) is 3.85. The molecule has 0 amide bonds. The van der Waals surface area contributed by atoms with Gasteiger partial charge in [-0.15, -0.1) is 0 Å². The van der Waals surface area contributed by atoms with Gasteiger partial charge in [-0.3, -0.25) is 14.4 Å². The number of Topliss-reactive ketones (excluding diaryl/α,β-unsaturated/α-hetero) is 3. The molecule has 0 aliphatic rings. The highest BCUT2D eigenvalue weighted by molar-refractivity contribution is 6.08. The van der Waals surface area contributed by atoms with Crippen LogP contribution in [0.1, 0.15) is 41.0 Å². The van der Waals surface area contributed by atoms with Crippen molar-refractivity contribution in [3.8, 4) is 0 Å². The normalized spacial score (nSPS) is 11.6. The van der Waals surface area contributed by atoms with Gasteiger partial charge in [0.05, 0.1) is 0 Å². The molecule has 0 saturated heterocycles. The summed E-state index contributed by atoms with van der Waals surface area (Å²) in [4.78, 5) is 34.1. The van der Waals surface area contributed by atoms with E-state index < -0.39 is 5.60 Å². The second-order valence-corrected chi connectivity index (χ2v) is 4.53. The molecule has 0 heterocycles. The maximum absolute atomic E-state index is 11.6. The van der Waals surface area contributed by atoms with Crippen LogP contribution in [-0.2, 0) is 19.1 Å². The number of hydrogen-bond acceptors (Lipinski definition) is 4. The molecule has 0 bridgehead atoms. The number of hydrogen-bond donors (Lipinski definition) is 0. The van der Waals surface area contributed by atoms with Crippen LogP contribution in [0.5, 0.6) is 0 Å². The zero-order valence-corrected chi connectivity index (χ0v) is 10.6. The van der Waals surface area contributed by atoms with E-state index in [1.165, 1.54) is 20.8 Å². The number of carbonyl (C=O) groups excluding carboxylic acids is 3. The van der Waals surface area contributed by atoms with E-state index in [2.05, 4.69) is 0 Å². The Bertz CT molecular complexity index is 277. The second kappa shape index (κ2) is 5.89. The van der Waals surface area contributed by atoms with Gasteiger partial charge >= 0.3 is 0 Å². The molecule has 0 atom stereocenters. The number of carbonyl (C=O) groups is 3. The maximum Gasteiger partial charge on any atom is 0.184 e. The zero-order chi connectivity index (χ0) is 12.9. The molecule has 0 rings (SSSR count). The predicted molar refractivity (Wildman–Crippen MR) is 60.2 cm³/mol. The summed E-state index contributed by atoms with van der Waals surface area (Å²) in [6, 6.07) is 0. The summed E-state index contributed by atoms with van der Waals surface area (Å²) in [5.74, 6) is -0.736. The summed E-state index contributed by atoms with van der Waals surface area (Å²) < 4.78 is 5.28. The number of ketones is 3. The Morgan fingerprint density at radius 1 is 1.06 bits per heavy atom. The van der Waals surface area contributed by atoms with Crippen molar-refractivity contribution in [2.75, 3.05) is 6.61 Å². The van der Waals surface area contributed by atoms with Crippen LogP contribution in [0.15, 0.2) is 0 Å². The lowest BCUT2D eigenvalue weighted by atomic mass is 9.85. The van der Waals surface area contributed by atoms with Crippen LogP contribution < -0.4 is 0 Å². The quantitative estimate of drug-likeness (QED) is 0.620. The van der Waals surface area contributed by atoms with E-state index in [-0.39, 0.29) is 29.9 Å². The Morgan fingerprint density at radius 3 is 1.75 bits per heavy atom. The molecule has 0 radical (unpaired) electrons. The largest absolute Gasteiger partial charge is 0.352 e. The first-order valence-electron chi connectivity index (χ1n) is 5.38. The van der Waals surface area contributed by atoms with Crippen LogP contribution in [0.2, 0.25) is 0 Å². The van der Waals surface area contributed by atoms with E-state index in [4.69, 9.17) is 4.74 Å². The fourth-order valence-corrected chi connectivity index (χ4v) is 1.60. The van der Waals surface area contributed by atoms with Gasteiger partial charge in [0, 0.05) is 0 Å². The van der Waals surface area contributed by atoms with Crippen molar-refractivity contribution < 1.29 is 19.1 Å². The van der Waals surface area contributed by atoms with Crippen LogP contribution in [0.25, 0.3) is 0 Å². The molecule has 92 valence electrons. The van der Waals surface area contributed by atoms with Gasteiger partial charge in [0.25, 0.3) is 0 Å². The van der Waals surface area contributed by atoms with Crippen molar-refractivity contribution in [2.24, 2.45) is 5.92 Å². The van der Waals surface area contributed by atoms with Crippen molar-refractivity contribution in [1.29, 1.82) is 0 Å². The molecule has 0 fully saturated rings. The van der Waals surface area contributed by atoms with Crippen molar-refractivity contribution >= 4 is 17.3 Å². The summed E-state index contributed by atoms with van der Waals surface area (Å²) in [6.07, 6.45) is 0.310. The Labute approximate surface area is 96.4 Å². The average molecular weight is 228 g/mol. The highest BCUT2D eigenvalue weighted by Crippen LogP contribution is 2.24. The van der Waals surface area contributed by atoms with Crippen LogP contribution in [0.4, 0.5) is 0 Å². The van der Waals surface area contributed by atoms with Crippen LogP contribution in [-0.4, -0.2) is 29.6 Å². The summed E-state index contributed by atoms with van der Waals surface area (Å²) in [5.41, 5.74) is -1.44. The van der Waals surface area contributed by atoms with Crippen LogP contribution >= 0.6 is 0 Å². The van der Waals surface area contributed by atoms with Gasteiger partial charge in [-0.1, -0.05) is 13.8 Å². The molecule has 0 aliphatic carbocycles. The minimum absolute atomic E-state index is 0.139. The topological polar surface area (TPSA) is 60.4 Å². The van der Waals surface area contributed by atoms with Crippen molar-refractivity contribution in [3.05, 3.63) is 0 Å². The minimum atomic E-state index is -1.44. The van der Waals surface area contributed by atoms with E-state index in [0.29, 0.717) is 6.42 Å². The van der Waals surface area contributed by atoms with Crippen molar-refractivity contribution in [1.82, 2.24) is 0 Å². The van der Waals surface area contributed by atoms with Gasteiger partial charge in [0.15, 0.2) is 23.0 Å². The number of rotatable bonds is 7. The van der Waals surface area contributed by atoms with Gasteiger partial charge in [0.1, 0.15) is 6.61 Å². The lowest BCUT2D eigenvalue weighted by molar-refractivity contribution is -0.159. The SMILES string of the molecule is CC(=O)COC(CC(C)C)(C(C)=O)C(C)=O. The monoisotopic (exact) mass is 228 g/mol. The van der Waals surface area contributed by atoms with E-state index in [0.717, 1.165) is 0 Å². The predicted octanol–water partition coefficient (Wildman–Crippen LogP) is 1.55. The molecule has 4 nitrogen and oxygen atoms in total. The molecular weight excluding hydrogens is 208 g/mol. The average Bonchev–Trinajstić information content (AvgIpc) is 2.10. The van der Waals surface area contributed by atoms with Crippen LogP contribution in [0.3, 0.4) is 0 Å². The van der Waals surface area contributed by atoms with Gasteiger partial charge in [-0.2, -0.15) is 0 Å². The molecule has 0 unspecified atom stereocenters. The Morgan fingerprint density at radius 2 is 1.50 bits per heavy atom. The van der Waals surface area contributed by atoms with E-state index in [1.54, 1.807) is 0 Å². The van der Waals surface area contributed by atoms with E-state index in [9.17, 15) is 14.4 Å². The first kappa shape index (κ1) is 15.0. The first-order chi connectivity index (χ1) is 7.22. The number of ether oxygens (including phenoxy) is 1. The molecule has 0 spiro atoms. The summed E-state index contributed by atoms with van der Waals surface area (Å²) in [5, 5.41) is 0. The molecule has 16 heavy (non-hydrogen) atoms. The summed E-state index contributed by atoms with van der Waals surface area (Å²) in [6.45, 7) is 7.61. The molecule has 4 heteroatoms. The Kier molecular flexibility index (Phi) is 5.51. The lowest BCUT2D eigenvalue weighted by Gasteiger charge is -2.30. The fourth-order valence-electron chi connectivity index (χ4n) is 1.60. The standard InChI is InChI=1S/C12H20O4/c1-8(2)6-12(10(4)14,11(5)15)16-7-9(3)13/h8H,6-7H2,1-5H3. The maximum atomic E-state index is 11.6. The van der Waals surface area contributed by atoms with E-state index >= 15 is 0 Å². The molecule has 0 saturated carbocycles. The van der Waals surface area contributed by atoms with E-state index in [1.807, 2.05) is 13.8 Å². The summed E-state index contributed by atoms with van der Waals surface area (Å²) >= 11 is 0. The lowest BCUT2D eigenvalue weighted by Crippen LogP contribution is -2.48. The molecule has 0 N–H and O–H groups in total. The highest BCUT2D eigenvalue weighted by atomic mass is 16.5. The Hall–Kier alpha value is -1.03. The fraction of sp³-hybridized carbons (Fsp3) is 0.750. The molecule has 0 aromatic heterocycles. The molecule has 0 aliphatic heterocycles. The van der Waals surface area contributed by atoms with Gasteiger partial charge < -0.3 is 4.74 Å². The Balaban J connectivity index is 5.02. The van der Waals surface area contributed by atoms with Gasteiger partial charge in [-0.25, -0.2) is 0 Å². The third-order valence-corrected chi connectivity index (χ3v) is 2.35. The van der Waals surface area contributed by atoms with Crippen LogP contribution in [0, 0.1) is 5.92 Å². The zero-order valence-electron chi connectivity index (χ0n) is 10.6. The molecular formula is C12H20O4. The third-order valence-electron chi connectivity index (χ3n) is 2.35. The van der Waals surface area contributed by atoms with Gasteiger partial charge in [0.2, 0.25) is 0 Å². The van der Waals surface area contributed by atoms with Crippen molar-refractivity contribution in [2.45, 2.75) is 46.6 Å². The van der Waals surface area contributed by atoms with Crippen molar-refractivity contribution in [3.63, 3.8) is 0 Å². The highest BCUT2D eigenvalue weighted by Gasteiger charge is 2.42. The smallest absolute Gasteiger partial charge is 0.184 e. The van der Waals surface area contributed by atoms with Gasteiger partial charge in [-0.05, 0) is 33.1 Å². The molecule has 0 aromatic rings. The summed E-state index contributed by atoms with van der Waals surface area (Å²) in [7, 11) is 0. The second-order valence-electron chi connectivity index (χ2n) is 4.53. The minimum Gasteiger partial charge on any atom is -0.352 e. The first-order valence-corrected chi connectivity index (χ1v) is 5.38. The molecule has 0 aromatic carbocycles.